The third kappa shape index (κ3) is 3.20. The Morgan fingerprint density at radius 2 is 1.87 bits per heavy atom. The van der Waals surface area contributed by atoms with E-state index in [9.17, 15) is 13.2 Å². The summed E-state index contributed by atoms with van der Waals surface area (Å²) in [5.74, 6) is -0.0151. The van der Waals surface area contributed by atoms with Crippen LogP contribution in [0.25, 0.3) is 0 Å². The van der Waals surface area contributed by atoms with Crippen molar-refractivity contribution in [2.24, 2.45) is 0 Å². The molecule has 0 saturated heterocycles. The van der Waals surface area contributed by atoms with Crippen LogP contribution in [0.1, 0.15) is 49.5 Å². The zero-order chi connectivity index (χ0) is 16.3. The molecule has 2 aromatic rings. The average Bonchev–Trinajstić information content (AvgIpc) is 3.03. The maximum atomic E-state index is 13.6. The molecule has 124 valence electrons. The Morgan fingerprint density at radius 1 is 1.09 bits per heavy atom. The smallest absolute Gasteiger partial charge is 0.339 e. The van der Waals surface area contributed by atoms with Gasteiger partial charge in [0.05, 0.1) is 5.69 Å². The van der Waals surface area contributed by atoms with Crippen LogP contribution in [-0.4, -0.2) is 26.3 Å². The van der Waals surface area contributed by atoms with Crippen molar-refractivity contribution < 1.29 is 17.7 Å². The van der Waals surface area contributed by atoms with Gasteiger partial charge in [-0.15, -0.1) is 0 Å². The number of aryl methyl sites for hydroxylation is 2. The van der Waals surface area contributed by atoms with Crippen molar-refractivity contribution in [3.05, 3.63) is 36.0 Å². The maximum Gasteiger partial charge on any atom is 0.401 e. The fourth-order valence-corrected chi connectivity index (χ4v) is 3.03. The predicted molar refractivity (Wildman–Crippen MR) is 74.6 cm³/mol. The molecular weight excluding hydrogens is 309 g/mol. The van der Waals surface area contributed by atoms with Crippen molar-refractivity contribution in [1.29, 1.82) is 0 Å². The van der Waals surface area contributed by atoms with Gasteiger partial charge in [-0.2, -0.15) is 18.2 Å². The molecule has 0 atom stereocenters. The van der Waals surface area contributed by atoms with E-state index in [0.29, 0.717) is 25.7 Å². The minimum absolute atomic E-state index is 0.0274. The van der Waals surface area contributed by atoms with Crippen molar-refractivity contribution >= 4 is 0 Å². The summed E-state index contributed by atoms with van der Waals surface area (Å²) in [5.41, 5.74) is -1.23. The quantitative estimate of drug-likeness (QED) is 0.861. The van der Waals surface area contributed by atoms with Crippen LogP contribution in [0.2, 0.25) is 0 Å². The van der Waals surface area contributed by atoms with Crippen molar-refractivity contribution in [1.82, 2.24) is 20.1 Å². The van der Waals surface area contributed by atoms with E-state index in [1.165, 1.54) is 0 Å². The fourth-order valence-electron chi connectivity index (χ4n) is 3.03. The van der Waals surface area contributed by atoms with Crippen molar-refractivity contribution in [2.45, 2.75) is 56.5 Å². The SMILES string of the molecule is FC(F)(F)C1(c2noc(CCc3cnccn3)n2)CCCCC1. The van der Waals surface area contributed by atoms with Gasteiger partial charge in [0.15, 0.2) is 5.82 Å². The number of hydrogen-bond donors (Lipinski definition) is 0. The minimum Gasteiger partial charge on any atom is -0.339 e. The van der Waals surface area contributed by atoms with E-state index >= 15 is 0 Å². The van der Waals surface area contributed by atoms with Crippen LogP contribution in [-0.2, 0) is 18.3 Å². The lowest BCUT2D eigenvalue weighted by atomic mass is 9.73. The molecule has 23 heavy (non-hydrogen) atoms. The Hall–Kier alpha value is -1.99. The molecule has 0 unspecified atom stereocenters. The first-order valence-electron chi connectivity index (χ1n) is 7.66. The van der Waals surface area contributed by atoms with Crippen LogP contribution in [0.15, 0.2) is 23.1 Å². The molecule has 1 fully saturated rings. The summed E-state index contributed by atoms with van der Waals surface area (Å²) in [6, 6.07) is 0. The number of nitrogens with zero attached hydrogens (tertiary/aromatic N) is 4. The zero-order valence-corrected chi connectivity index (χ0v) is 12.5. The van der Waals surface area contributed by atoms with Gasteiger partial charge < -0.3 is 4.52 Å². The monoisotopic (exact) mass is 326 g/mol. The van der Waals surface area contributed by atoms with Gasteiger partial charge in [0.2, 0.25) is 5.89 Å². The highest BCUT2D eigenvalue weighted by Crippen LogP contribution is 2.49. The number of rotatable bonds is 4. The van der Waals surface area contributed by atoms with E-state index in [1.54, 1.807) is 18.6 Å². The average molecular weight is 326 g/mol. The zero-order valence-electron chi connectivity index (χ0n) is 12.5. The molecule has 2 aromatic heterocycles. The topological polar surface area (TPSA) is 64.7 Å². The van der Waals surface area contributed by atoms with E-state index in [4.69, 9.17) is 4.52 Å². The number of aromatic nitrogens is 4. The molecule has 8 heteroatoms. The summed E-state index contributed by atoms with van der Waals surface area (Å²) in [7, 11) is 0. The molecule has 5 nitrogen and oxygen atoms in total. The normalized spacial score (nSPS) is 18.0. The second kappa shape index (κ2) is 6.25. The van der Waals surface area contributed by atoms with Crippen LogP contribution >= 0.6 is 0 Å². The molecule has 0 N–H and O–H groups in total. The predicted octanol–water partition coefficient (Wildman–Crippen LogP) is 3.41. The fraction of sp³-hybridized carbons (Fsp3) is 0.600. The van der Waals surface area contributed by atoms with Crippen LogP contribution in [0.4, 0.5) is 13.2 Å². The standard InChI is InChI=1S/C15H17F3N4O/c16-15(17,18)14(6-2-1-3-7-14)13-21-12(23-22-13)5-4-11-10-19-8-9-20-11/h8-10H,1-7H2. The van der Waals surface area contributed by atoms with E-state index in [0.717, 1.165) is 12.1 Å². The van der Waals surface area contributed by atoms with Gasteiger partial charge in [-0.1, -0.05) is 24.4 Å². The second-order valence-electron chi connectivity index (χ2n) is 5.85. The highest BCUT2D eigenvalue weighted by atomic mass is 19.4. The van der Waals surface area contributed by atoms with Gasteiger partial charge in [0, 0.05) is 25.0 Å². The summed E-state index contributed by atoms with van der Waals surface area (Å²) in [6.07, 6.45) is 3.14. The Morgan fingerprint density at radius 3 is 2.52 bits per heavy atom. The molecule has 1 saturated carbocycles. The minimum atomic E-state index is -4.36. The molecule has 0 spiro atoms. The Kier molecular flexibility index (Phi) is 4.32. The van der Waals surface area contributed by atoms with Crippen molar-refractivity contribution in [2.75, 3.05) is 0 Å². The molecule has 0 aliphatic heterocycles. The van der Waals surface area contributed by atoms with Crippen LogP contribution in [0.5, 0.6) is 0 Å². The van der Waals surface area contributed by atoms with Crippen LogP contribution in [0, 0.1) is 0 Å². The van der Waals surface area contributed by atoms with Crippen LogP contribution < -0.4 is 0 Å². The van der Waals surface area contributed by atoms with Gasteiger partial charge in [0.1, 0.15) is 5.41 Å². The Labute approximate surface area is 131 Å². The molecule has 0 amide bonds. The number of hydrogen-bond acceptors (Lipinski definition) is 5. The lowest BCUT2D eigenvalue weighted by Gasteiger charge is -2.35. The second-order valence-corrected chi connectivity index (χ2v) is 5.85. The van der Waals surface area contributed by atoms with Gasteiger partial charge in [-0.05, 0) is 19.3 Å². The van der Waals surface area contributed by atoms with E-state index in [-0.39, 0.29) is 24.6 Å². The first kappa shape index (κ1) is 15.9. The molecule has 0 aromatic carbocycles. The summed E-state index contributed by atoms with van der Waals surface area (Å²) < 4.78 is 45.9. The summed E-state index contributed by atoms with van der Waals surface area (Å²) >= 11 is 0. The third-order valence-corrected chi connectivity index (χ3v) is 4.36. The summed E-state index contributed by atoms with van der Waals surface area (Å²) in [5, 5.41) is 3.65. The lowest BCUT2D eigenvalue weighted by molar-refractivity contribution is -0.202. The summed E-state index contributed by atoms with van der Waals surface area (Å²) in [6.45, 7) is 0. The number of halogens is 3. The Bertz CT molecular complexity index is 636. The van der Waals surface area contributed by atoms with E-state index in [1.807, 2.05) is 0 Å². The Balaban J connectivity index is 1.77. The number of alkyl halides is 3. The van der Waals surface area contributed by atoms with Gasteiger partial charge >= 0.3 is 6.18 Å². The highest BCUT2D eigenvalue weighted by molar-refractivity contribution is 5.13. The largest absolute Gasteiger partial charge is 0.401 e. The van der Waals surface area contributed by atoms with Gasteiger partial charge in [-0.3, -0.25) is 9.97 Å². The molecular formula is C15H17F3N4O. The van der Waals surface area contributed by atoms with Crippen LogP contribution in [0.3, 0.4) is 0 Å². The summed E-state index contributed by atoms with van der Waals surface area (Å²) in [4.78, 5) is 12.1. The highest BCUT2D eigenvalue weighted by Gasteiger charge is 2.58. The molecule has 3 rings (SSSR count). The molecule has 1 aliphatic carbocycles. The van der Waals surface area contributed by atoms with E-state index < -0.39 is 11.6 Å². The molecule has 2 heterocycles. The van der Waals surface area contributed by atoms with Crippen molar-refractivity contribution in [3.8, 4) is 0 Å². The first-order valence-corrected chi connectivity index (χ1v) is 7.66. The first-order chi connectivity index (χ1) is 11.0. The van der Waals surface area contributed by atoms with Gasteiger partial charge in [0.25, 0.3) is 0 Å². The maximum absolute atomic E-state index is 13.6. The lowest BCUT2D eigenvalue weighted by Crippen LogP contribution is -2.44. The molecule has 0 bridgehead atoms. The van der Waals surface area contributed by atoms with Gasteiger partial charge in [-0.25, -0.2) is 0 Å². The van der Waals surface area contributed by atoms with Crippen molar-refractivity contribution in [3.63, 3.8) is 0 Å². The third-order valence-electron chi connectivity index (χ3n) is 4.36. The molecule has 1 aliphatic rings. The van der Waals surface area contributed by atoms with E-state index in [2.05, 4.69) is 20.1 Å². The molecule has 0 radical (unpaired) electrons.